The van der Waals surface area contributed by atoms with Gasteiger partial charge in [0.2, 0.25) is 0 Å². The normalized spacial score (nSPS) is 16.6. The number of benzene rings is 1. The molecule has 3 aromatic rings. The van der Waals surface area contributed by atoms with Gasteiger partial charge in [0.25, 0.3) is 0 Å². The maximum atomic E-state index is 14.3. The molecule has 0 unspecified atom stereocenters. The molecule has 1 saturated carbocycles. The molecule has 0 saturated heterocycles. The van der Waals surface area contributed by atoms with Crippen molar-refractivity contribution in [2.24, 2.45) is 0 Å². The summed E-state index contributed by atoms with van der Waals surface area (Å²) in [7, 11) is 0. The molecule has 0 amide bonds. The van der Waals surface area contributed by atoms with Gasteiger partial charge in [-0.3, -0.25) is 9.69 Å². The Balaban J connectivity index is 1.09. The summed E-state index contributed by atoms with van der Waals surface area (Å²) in [6, 6.07) is 7.90. The number of carbonyl (C=O) groups is 1. The van der Waals surface area contributed by atoms with Crippen LogP contribution in [-0.2, 0) is 19.6 Å². The zero-order chi connectivity index (χ0) is 25.8. The lowest BCUT2D eigenvalue weighted by molar-refractivity contribution is 0.0834. The highest BCUT2D eigenvalue weighted by Gasteiger charge is 2.22. The fourth-order valence-corrected chi connectivity index (χ4v) is 4.76. The van der Waals surface area contributed by atoms with Gasteiger partial charge in [-0.25, -0.2) is 14.4 Å². The summed E-state index contributed by atoms with van der Waals surface area (Å²) in [5, 5.41) is 13.9. The van der Waals surface area contributed by atoms with E-state index in [1.165, 1.54) is 30.0 Å². The van der Waals surface area contributed by atoms with Crippen LogP contribution in [0.25, 0.3) is 0 Å². The lowest BCUT2D eigenvalue weighted by atomic mass is 9.93. The molecule has 5 rings (SSSR count). The van der Waals surface area contributed by atoms with Gasteiger partial charge < -0.3 is 19.6 Å². The zero-order valence-electron chi connectivity index (χ0n) is 21.1. The molecular formula is C28H33FN4O4. The number of halogens is 1. The third-order valence-electron chi connectivity index (χ3n) is 7.27. The predicted octanol–water partition coefficient (Wildman–Crippen LogP) is 4.44. The smallest absolute Gasteiger partial charge is 0.181 e. The lowest BCUT2D eigenvalue weighted by Crippen LogP contribution is -2.36. The van der Waals surface area contributed by atoms with Crippen molar-refractivity contribution in [3.8, 4) is 5.75 Å². The fourth-order valence-electron chi connectivity index (χ4n) is 4.76. The van der Waals surface area contributed by atoms with Crippen molar-refractivity contribution in [3.05, 3.63) is 70.8 Å². The van der Waals surface area contributed by atoms with Crippen LogP contribution in [0.5, 0.6) is 5.75 Å². The first-order valence-electron chi connectivity index (χ1n) is 12.9. The second kappa shape index (κ2) is 11.4. The SMILES string of the molecule is Cc1ncoc1COc1ccc2c(c1)CCN(C[C@@H](O)CCC(=O)c1cc(NC3CCC3)ncc1F)C2. The van der Waals surface area contributed by atoms with Crippen LogP contribution >= 0.6 is 0 Å². The Morgan fingerprint density at radius 1 is 1.30 bits per heavy atom. The van der Waals surface area contributed by atoms with Crippen LogP contribution in [0.4, 0.5) is 10.2 Å². The number of aryl methyl sites for hydroxylation is 1. The molecule has 1 aliphatic heterocycles. The van der Waals surface area contributed by atoms with Crippen molar-refractivity contribution in [3.63, 3.8) is 0 Å². The number of ether oxygens (including phenoxy) is 1. The first-order valence-corrected chi connectivity index (χ1v) is 12.9. The Hall–Kier alpha value is -3.30. The van der Waals surface area contributed by atoms with Gasteiger partial charge in [0.1, 0.15) is 18.2 Å². The average Bonchev–Trinajstić information content (AvgIpc) is 3.28. The molecule has 1 fully saturated rings. The van der Waals surface area contributed by atoms with Crippen molar-refractivity contribution in [1.29, 1.82) is 0 Å². The molecule has 9 heteroatoms. The van der Waals surface area contributed by atoms with E-state index in [1.807, 2.05) is 13.0 Å². The molecule has 37 heavy (non-hydrogen) atoms. The van der Waals surface area contributed by atoms with Crippen LogP contribution in [0.15, 0.2) is 41.3 Å². The van der Waals surface area contributed by atoms with E-state index in [4.69, 9.17) is 9.15 Å². The molecule has 8 nitrogen and oxygen atoms in total. The maximum Gasteiger partial charge on any atom is 0.181 e. The summed E-state index contributed by atoms with van der Waals surface area (Å²) >= 11 is 0. The van der Waals surface area contributed by atoms with Gasteiger partial charge in [0, 0.05) is 32.1 Å². The summed E-state index contributed by atoms with van der Waals surface area (Å²) in [6.45, 7) is 4.21. The van der Waals surface area contributed by atoms with Gasteiger partial charge in [0.15, 0.2) is 23.8 Å². The van der Waals surface area contributed by atoms with Crippen LogP contribution in [0.2, 0.25) is 0 Å². The molecule has 2 aromatic heterocycles. The van der Waals surface area contributed by atoms with E-state index in [0.29, 0.717) is 30.8 Å². The number of carbonyl (C=O) groups excluding carboxylic acids is 1. The number of fused-ring (bicyclic) bond motifs is 1. The van der Waals surface area contributed by atoms with E-state index >= 15 is 0 Å². The van der Waals surface area contributed by atoms with Gasteiger partial charge in [-0.2, -0.15) is 0 Å². The average molecular weight is 509 g/mol. The van der Waals surface area contributed by atoms with Gasteiger partial charge in [-0.15, -0.1) is 0 Å². The number of nitrogens with zero attached hydrogens (tertiary/aromatic N) is 3. The first-order chi connectivity index (χ1) is 17.9. The highest BCUT2D eigenvalue weighted by Crippen LogP contribution is 2.26. The molecular weight excluding hydrogens is 475 g/mol. The molecule has 1 atom stereocenters. The van der Waals surface area contributed by atoms with Crippen molar-refractivity contribution in [1.82, 2.24) is 14.9 Å². The minimum Gasteiger partial charge on any atom is -0.486 e. The minimum absolute atomic E-state index is 0.0346. The number of Topliss-reactive ketones (excluding diaryl/α,β-unsaturated/α-hetero) is 1. The van der Waals surface area contributed by atoms with Gasteiger partial charge in [0.05, 0.1) is 23.6 Å². The van der Waals surface area contributed by atoms with Gasteiger partial charge in [-0.1, -0.05) is 6.07 Å². The number of hydrogen-bond acceptors (Lipinski definition) is 8. The number of aliphatic hydroxyl groups is 1. The summed E-state index contributed by atoms with van der Waals surface area (Å²) < 4.78 is 25.5. The Morgan fingerprint density at radius 3 is 2.92 bits per heavy atom. The first kappa shape index (κ1) is 25.4. The summed E-state index contributed by atoms with van der Waals surface area (Å²) in [5.74, 6) is 1.10. The van der Waals surface area contributed by atoms with E-state index in [0.717, 1.165) is 50.0 Å². The Bertz CT molecular complexity index is 1240. The number of hydrogen-bond donors (Lipinski definition) is 2. The number of anilines is 1. The highest BCUT2D eigenvalue weighted by molar-refractivity contribution is 5.96. The third kappa shape index (κ3) is 6.34. The quantitative estimate of drug-likeness (QED) is 0.367. The van der Waals surface area contributed by atoms with Crippen LogP contribution in [0, 0.1) is 12.7 Å². The molecule has 196 valence electrons. The molecule has 0 bridgehead atoms. The predicted molar refractivity (Wildman–Crippen MR) is 136 cm³/mol. The molecule has 1 aliphatic carbocycles. The largest absolute Gasteiger partial charge is 0.486 e. The number of ketones is 1. The van der Waals surface area contributed by atoms with E-state index < -0.39 is 11.9 Å². The molecule has 2 aliphatic rings. The third-order valence-corrected chi connectivity index (χ3v) is 7.27. The number of β-amino-alcohol motifs (C(OH)–C–C–N with tert-alkyl or cyclic N) is 1. The standard InChI is InChI=1S/C28H33FN4O4/c1-18-27(37-17-31-18)16-36-23-7-5-20-14-33(10-9-19(20)11-23)15-22(34)6-8-26(35)24-12-28(30-13-25(24)29)32-21-3-2-4-21/h5,7,11-13,17,21-22,34H,2-4,6,8-10,14-16H2,1H3,(H,30,32)/t22-/m0/s1. The number of aliphatic hydroxyl groups excluding tert-OH is 1. The van der Waals surface area contributed by atoms with E-state index in [2.05, 4.69) is 32.3 Å². The highest BCUT2D eigenvalue weighted by atomic mass is 19.1. The number of aromatic nitrogens is 2. The summed E-state index contributed by atoms with van der Waals surface area (Å²) in [5.41, 5.74) is 3.29. The number of pyridine rings is 1. The molecule has 0 spiro atoms. The minimum atomic E-state index is -0.671. The zero-order valence-corrected chi connectivity index (χ0v) is 21.1. The van der Waals surface area contributed by atoms with Crippen LogP contribution in [0.1, 0.15) is 65.0 Å². The van der Waals surface area contributed by atoms with Crippen LogP contribution in [-0.4, -0.2) is 51.0 Å². The van der Waals surface area contributed by atoms with Gasteiger partial charge in [-0.05, 0) is 68.4 Å². The summed E-state index contributed by atoms with van der Waals surface area (Å²) in [6.07, 6.45) is 6.36. The van der Waals surface area contributed by atoms with E-state index in [1.54, 1.807) is 0 Å². The monoisotopic (exact) mass is 508 g/mol. The molecule has 0 radical (unpaired) electrons. The molecule has 1 aromatic carbocycles. The van der Waals surface area contributed by atoms with Gasteiger partial charge >= 0.3 is 0 Å². The topological polar surface area (TPSA) is 101 Å². The molecule has 3 heterocycles. The van der Waals surface area contributed by atoms with Crippen LogP contribution in [0.3, 0.4) is 0 Å². The van der Waals surface area contributed by atoms with Crippen LogP contribution < -0.4 is 10.1 Å². The second-order valence-electron chi connectivity index (χ2n) is 10.0. The van der Waals surface area contributed by atoms with Crippen molar-refractivity contribution in [2.75, 3.05) is 18.4 Å². The Kier molecular flexibility index (Phi) is 7.81. The fraction of sp³-hybridized carbons (Fsp3) is 0.464. The number of oxazole rings is 1. The van der Waals surface area contributed by atoms with Crippen molar-refractivity contribution < 1.29 is 23.4 Å². The molecule has 2 N–H and O–H groups in total. The lowest BCUT2D eigenvalue weighted by Gasteiger charge is -2.30. The number of nitrogens with one attached hydrogen (secondary N) is 1. The summed E-state index contributed by atoms with van der Waals surface area (Å²) in [4.78, 5) is 23.0. The Morgan fingerprint density at radius 2 is 2.16 bits per heavy atom. The van der Waals surface area contributed by atoms with E-state index in [9.17, 15) is 14.3 Å². The van der Waals surface area contributed by atoms with E-state index in [-0.39, 0.29) is 24.2 Å². The Labute approximate surface area is 215 Å². The second-order valence-corrected chi connectivity index (χ2v) is 10.0. The maximum absolute atomic E-state index is 14.3. The van der Waals surface area contributed by atoms with Crippen molar-refractivity contribution >= 4 is 11.6 Å². The van der Waals surface area contributed by atoms with Crippen molar-refractivity contribution in [2.45, 2.75) is 70.7 Å². The number of rotatable bonds is 11.